The molecule has 4 heteroatoms. The summed E-state index contributed by atoms with van der Waals surface area (Å²) >= 11 is 4.14. The van der Waals surface area contributed by atoms with Crippen molar-refractivity contribution in [1.82, 2.24) is 0 Å². The molecule has 0 radical (unpaired) electrons. The van der Waals surface area contributed by atoms with Gasteiger partial charge in [-0.2, -0.15) is 17.9 Å². The van der Waals surface area contributed by atoms with E-state index in [1.54, 1.807) is 0 Å². The third kappa shape index (κ3) is 2.56. The van der Waals surface area contributed by atoms with E-state index in [1.807, 2.05) is 30.3 Å². The van der Waals surface area contributed by atoms with Crippen molar-refractivity contribution >= 4 is 23.6 Å². The fourth-order valence-electron chi connectivity index (χ4n) is 1.63. The van der Waals surface area contributed by atoms with Gasteiger partial charge in [0.2, 0.25) is 5.76 Å². The van der Waals surface area contributed by atoms with Gasteiger partial charge in [-0.05, 0) is 30.7 Å². The Morgan fingerprint density at radius 1 is 1.29 bits per heavy atom. The second-order valence-electron chi connectivity index (χ2n) is 3.65. The van der Waals surface area contributed by atoms with Crippen LogP contribution < -0.4 is 4.74 Å². The first-order chi connectivity index (χ1) is 8.36. The summed E-state index contributed by atoms with van der Waals surface area (Å²) < 4.78 is 11.0. The summed E-state index contributed by atoms with van der Waals surface area (Å²) in [5.74, 6) is 1.65. The zero-order valence-corrected chi connectivity index (χ0v) is 10.2. The lowest BCUT2D eigenvalue weighted by atomic mass is 10.2. The first kappa shape index (κ1) is 11.9. The largest absolute Gasteiger partial charge is 0.488 e. The molecule has 0 bridgehead atoms. The third-order valence-electron chi connectivity index (χ3n) is 2.45. The summed E-state index contributed by atoms with van der Waals surface area (Å²) in [5.41, 5.74) is 0.688. The lowest BCUT2D eigenvalue weighted by molar-refractivity contribution is 0.307. The van der Waals surface area contributed by atoms with Crippen LogP contribution in [0.15, 0.2) is 28.7 Å². The predicted octanol–water partition coefficient (Wildman–Crippen LogP) is 3.39. The highest BCUT2D eigenvalue weighted by molar-refractivity contribution is 7.80. The summed E-state index contributed by atoms with van der Waals surface area (Å²) in [6, 6.07) is 9.52. The number of rotatable bonds is 5. The Morgan fingerprint density at radius 2 is 2.12 bits per heavy atom. The van der Waals surface area contributed by atoms with E-state index in [1.165, 1.54) is 0 Å². The van der Waals surface area contributed by atoms with Gasteiger partial charge in [0.05, 0.1) is 12.0 Å². The Kier molecular flexibility index (Phi) is 3.94. The normalized spacial score (nSPS) is 10.4. The molecule has 0 saturated carbocycles. The van der Waals surface area contributed by atoms with E-state index in [4.69, 9.17) is 14.4 Å². The molecule has 0 saturated heterocycles. The Morgan fingerprint density at radius 3 is 2.88 bits per heavy atom. The maximum atomic E-state index is 8.99. The number of para-hydroxylation sites is 1. The minimum absolute atomic E-state index is 0.247. The van der Waals surface area contributed by atoms with E-state index in [0.29, 0.717) is 17.9 Å². The molecule has 2 rings (SSSR count). The van der Waals surface area contributed by atoms with Gasteiger partial charge in [0, 0.05) is 0 Å². The minimum atomic E-state index is 0.247. The maximum absolute atomic E-state index is 8.99. The second-order valence-corrected chi connectivity index (χ2v) is 4.09. The Balaban J connectivity index is 2.22. The number of ether oxygens (including phenoxy) is 1. The topological polar surface area (TPSA) is 46.2 Å². The van der Waals surface area contributed by atoms with Crippen molar-refractivity contribution in [3.05, 3.63) is 30.0 Å². The first-order valence-electron chi connectivity index (χ1n) is 5.52. The van der Waals surface area contributed by atoms with Crippen LogP contribution in [0.4, 0.5) is 0 Å². The van der Waals surface area contributed by atoms with Crippen molar-refractivity contribution in [1.29, 1.82) is 5.26 Å². The van der Waals surface area contributed by atoms with Gasteiger partial charge in [0.15, 0.2) is 5.75 Å². The number of nitriles is 1. The van der Waals surface area contributed by atoms with Crippen LogP contribution in [0.2, 0.25) is 0 Å². The van der Waals surface area contributed by atoms with E-state index in [2.05, 4.69) is 12.6 Å². The molecule has 0 amide bonds. The van der Waals surface area contributed by atoms with Crippen molar-refractivity contribution in [2.75, 3.05) is 12.4 Å². The average molecular weight is 247 g/mol. The second kappa shape index (κ2) is 5.65. The van der Waals surface area contributed by atoms with Gasteiger partial charge in [-0.1, -0.05) is 12.1 Å². The van der Waals surface area contributed by atoms with Crippen LogP contribution in [0.25, 0.3) is 11.0 Å². The predicted molar refractivity (Wildman–Crippen MR) is 69.5 cm³/mol. The summed E-state index contributed by atoms with van der Waals surface area (Å²) in [7, 11) is 0. The van der Waals surface area contributed by atoms with Crippen LogP contribution in [0.1, 0.15) is 18.6 Å². The zero-order valence-electron chi connectivity index (χ0n) is 9.35. The minimum Gasteiger partial charge on any atom is -0.488 e. The number of fused-ring (bicyclic) bond motifs is 1. The van der Waals surface area contributed by atoms with Crippen LogP contribution in [-0.4, -0.2) is 12.4 Å². The third-order valence-corrected chi connectivity index (χ3v) is 2.77. The van der Waals surface area contributed by atoms with Crippen LogP contribution in [0, 0.1) is 11.3 Å². The van der Waals surface area contributed by atoms with Crippen molar-refractivity contribution < 1.29 is 9.15 Å². The number of benzene rings is 1. The van der Waals surface area contributed by atoms with Crippen LogP contribution in [-0.2, 0) is 0 Å². The van der Waals surface area contributed by atoms with Gasteiger partial charge in [-0.15, -0.1) is 0 Å². The number of unbranched alkanes of at least 4 members (excludes halogenated alkanes) is 1. The van der Waals surface area contributed by atoms with E-state index < -0.39 is 0 Å². The standard InChI is InChI=1S/C13H13NO2S/c14-9-12-13(15-7-3-4-8-17)10-5-1-2-6-11(10)16-12/h1-2,5-6,17H,3-4,7-8H2. The van der Waals surface area contributed by atoms with Crippen molar-refractivity contribution in [2.24, 2.45) is 0 Å². The molecule has 1 aromatic heterocycles. The molecule has 0 aliphatic heterocycles. The molecule has 0 aliphatic rings. The average Bonchev–Trinajstić information content (AvgIpc) is 2.73. The van der Waals surface area contributed by atoms with Crippen LogP contribution in [0.3, 0.4) is 0 Å². The van der Waals surface area contributed by atoms with Gasteiger partial charge in [0.1, 0.15) is 11.7 Å². The molecule has 0 spiro atoms. The number of hydrogen-bond acceptors (Lipinski definition) is 4. The first-order valence-corrected chi connectivity index (χ1v) is 6.15. The molecular weight excluding hydrogens is 234 g/mol. The molecule has 0 aliphatic carbocycles. The summed E-state index contributed by atoms with van der Waals surface area (Å²) in [4.78, 5) is 0. The Labute approximate surface area is 105 Å². The molecular formula is C13H13NO2S. The zero-order chi connectivity index (χ0) is 12.1. The summed E-state index contributed by atoms with van der Waals surface area (Å²) in [5, 5.41) is 9.84. The SMILES string of the molecule is N#Cc1oc2ccccc2c1OCCCCS. The summed E-state index contributed by atoms with van der Waals surface area (Å²) in [6.07, 6.45) is 1.93. The highest BCUT2D eigenvalue weighted by atomic mass is 32.1. The van der Waals surface area contributed by atoms with Gasteiger partial charge in [-0.3, -0.25) is 0 Å². The fraction of sp³-hybridized carbons (Fsp3) is 0.308. The molecule has 88 valence electrons. The molecule has 2 aromatic rings. The molecule has 0 atom stereocenters. The van der Waals surface area contributed by atoms with E-state index >= 15 is 0 Å². The Bertz CT molecular complexity index is 542. The lowest BCUT2D eigenvalue weighted by Crippen LogP contribution is -1.98. The summed E-state index contributed by atoms with van der Waals surface area (Å²) in [6.45, 7) is 0.582. The van der Waals surface area contributed by atoms with Gasteiger partial charge >= 0.3 is 0 Å². The van der Waals surface area contributed by atoms with E-state index in [0.717, 1.165) is 24.0 Å². The molecule has 1 aromatic carbocycles. The lowest BCUT2D eigenvalue weighted by Gasteiger charge is -2.03. The quantitative estimate of drug-likeness (QED) is 0.650. The van der Waals surface area contributed by atoms with Gasteiger partial charge in [0.25, 0.3) is 0 Å². The number of nitrogens with zero attached hydrogens (tertiary/aromatic N) is 1. The maximum Gasteiger partial charge on any atom is 0.246 e. The molecule has 17 heavy (non-hydrogen) atoms. The molecule has 0 fully saturated rings. The molecule has 3 nitrogen and oxygen atoms in total. The monoisotopic (exact) mass is 247 g/mol. The molecule has 1 heterocycles. The number of hydrogen-bond donors (Lipinski definition) is 1. The van der Waals surface area contributed by atoms with Crippen molar-refractivity contribution in [3.8, 4) is 11.8 Å². The van der Waals surface area contributed by atoms with E-state index in [9.17, 15) is 0 Å². The molecule has 0 N–H and O–H groups in total. The van der Waals surface area contributed by atoms with Gasteiger partial charge < -0.3 is 9.15 Å². The molecule has 0 unspecified atom stereocenters. The highest BCUT2D eigenvalue weighted by Gasteiger charge is 2.14. The van der Waals surface area contributed by atoms with Crippen LogP contribution >= 0.6 is 12.6 Å². The van der Waals surface area contributed by atoms with E-state index in [-0.39, 0.29) is 5.76 Å². The highest BCUT2D eigenvalue weighted by Crippen LogP contribution is 2.32. The number of furan rings is 1. The Hall–Kier alpha value is -1.60. The fourth-order valence-corrected chi connectivity index (χ4v) is 1.85. The number of thiol groups is 1. The van der Waals surface area contributed by atoms with Crippen molar-refractivity contribution in [3.63, 3.8) is 0 Å². The van der Waals surface area contributed by atoms with Gasteiger partial charge in [-0.25, -0.2) is 0 Å². The van der Waals surface area contributed by atoms with Crippen molar-refractivity contribution in [2.45, 2.75) is 12.8 Å². The van der Waals surface area contributed by atoms with Crippen LogP contribution in [0.5, 0.6) is 5.75 Å². The smallest absolute Gasteiger partial charge is 0.246 e.